The van der Waals surface area contributed by atoms with Crippen molar-refractivity contribution in [3.8, 4) is 0 Å². The molecule has 0 bridgehead atoms. The van der Waals surface area contributed by atoms with Crippen molar-refractivity contribution < 1.29 is 10.2 Å². The van der Waals surface area contributed by atoms with Gasteiger partial charge in [0, 0.05) is 17.8 Å². The molecule has 0 radical (unpaired) electrons. The standard InChI is InChI=1S/C14H20N4O3/c1-2-3-4-8-12(19)13(20)10(18-8)7-5-15-11-9(7)16-6-17-14(11)21/h5-6,8,10,12-13,15,18-20H,2-4H2,1H3,(H,16,17,21)/t8-,10+,12-,13+/m1/s1. The van der Waals surface area contributed by atoms with Crippen LogP contribution in [0.2, 0.25) is 0 Å². The van der Waals surface area contributed by atoms with Gasteiger partial charge < -0.3 is 25.5 Å². The Labute approximate surface area is 121 Å². The molecule has 3 rings (SSSR count). The maximum Gasteiger partial charge on any atom is 0.275 e. The lowest BCUT2D eigenvalue weighted by Crippen LogP contribution is -2.32. The highest BCUT2D eigenvalue weighted by atomic mass is 16.3. The second-order valence-electron chi connectivity index (χ2n) is 5.57. The molecule has 1 fully saturated rings. The van der Waals surface area contributed by atoms with Crippen molar-refractivity contribution in [1.82, 2.24) is 20.3 Å². The molecule has 1 aliphatic heterocycles. The molecule has 4 atom stereocenters. The summed E-state index contributed by atoms with van der Waals surface area (Å²) >= 11 is 0. The summed E-state index contributed by atoms with van der Waals surface area (Å²) in [7, 11) is 0. The van der Waals surface area contributed by atoms with Crippen LogP contribution >= 0.6 is 0 Å². The number of nitrogens with zero attached hydrogens (tertiary/aromatic N) is 1. The summed E-state index contributed by atoms with van der Waals surface area (Å²) in [5, 5.41) is 23.7. The number of aliphatic hydroxyl groups is 2. The van der Waals surface area contributed by atoms with Gasteiger partial charge in [-0.3, -0.25) is 4.79 Å². The first-order valence-electron chi connectivity index (χ1n) is 7.30. The molecule has 7 heteroatoms. The Bertz CT molecular complexity index is 680. The SMILES string of the molecule is CCCC[C@H]1N[C@@H](c2c[nH]c3c(=O)[nH]cnc23)[C@H](O)[C@@H]1O. The van der Waals surface area contributed by atoms with Crippen LogP contribution in [0.3, 0.4) is 0 Å². The molecule has 3 heterocycles. The van der Waals surface area contributed by atoms with E-state index in [0.29, 0.717) is 16.6 Å². The van der Waals surface area contributed by atoms with Gasteiger partial charge in [-0.2, -0.15) is 0 Å². The van der Waals surface area contributed by atoms with Crippen LogP contribution in [-0.2, 0) is 0 Å². The van der Waals surface area contributed by atoms with E-state index in [0.717, 1.165) is 19.3 Å². The summed E-state index contributed by atoms with van der Waals surface area (Å²) < 4.78 is 0. The fraction of sp³-hybridized carbons (Fsp3) is 0.571. The Morgan fingerprint density at radius 2 is 2.10 bits per heavy atom. The number of aromatic nitrogens is 3. The Balaban J connectivity index is 1.92. The second-order valence-corrected chi connectivity index (χ2v) is 5.57. The fourth-order valence-corrected chi connectivity index (χ4v) is 3.02. The second kappa shape index (κ2) is 5.59. The van der Waals surface area contributed by atoms with Gasteiger partial charge in [0.15, 0.2) is 0 Å². The quantitative estimate of drug-likeness (QED) is 0.551. The van der Waals surface area contributed by atoms with Crippen LogP contribution in [0.5, 0.6) is 0 Å². The van der Waals surface area contributed by atoms with Crippen molar-refractivity contribution in [2.24, 2.45) is 0 Å². The fourth-order valence-electron chi connectivity index (χ4n) is 3.02. The van der Waals surface area contributed by atoms with Crippen molar-refractivity contribution >= 4 is 11.0 Å². The first-order chi connectivity index (χ1) is 10.1. The number of aromatic amines is 2. The van der Waals surface area contributed by atoms with E-state index in [4.69, 9.17) is 0 Å². The zero-order valence-electron chi connectivity index (χ0n) is 11.8. The predicted octanol–water partition coefficient (Wildman–Crippen LogP) is 0.176. The Morgan fingerprint density at radius 1 is 1.29 bits per heavy atom. The van der Waals surface area contributed by atoms with Crippen molar-refractivity contribution in [3.63, 3.8) is 0 Å². The smallest absolute Gasteiger partial charge is 0.275 e. The van der Waals surface area contributed by atoms with E-state index < -0.39 is 18.2 Å². The highest BCUT2D eigenvalue weighted by molar-refractivity contribution is 5.78. The van der Waals surface area contributed by atoms with Crippen molar-refractivity contribution in [3.05, 3.63) is 28.4 Å². The molecule has 7 nitrogen and oxygen atoms in total. The maximum atomic E-state index is 11.7. The van der Waals surface area contributed by atoms with Crippen molar-refractivity contribution in [1.29, 1.82) is 0 Å². The number of nitrogens with one attached hydrogen (secondary N) is 3. The molecule has 21 heavy (non-hydrogen) atoms. The summed E-state index contributed by atoms with van der Waals surface area (Å²) in [6.07, 6.45) is 4.12. The van der Waals surface area contributed by atoms with Crippen LogP contribution < -0.4 is 10.9 Å². The number of rotatable bonds is 4. The Hall–Kier alpha value is -1.70. The minimum atomic E-state index is -0.910. The normalized spacial score (nSPS) is 29.3. The van der Waals surface area contributed by atoms with Gasteiger partial charge in [-0.05, 0) is 6.42 Å². The third kappa shape index (κ3) is 2.37. The molecule has 1 saturated heterocycles. The average Bonchev–Trinajstić information content (AvgIpc) is 3.02. The summed E-state index contributed by atoms with van der Waals surface area (Å²) in [5.41, 5.74) is 1.37. The lowest BCUT2D eigenvalue weighted by Gasteiger charge is -2.14. The number of aliphatic hydroxyl groups excluding tert-OH is 2. The van der Waals surface area contributed by atoms with E-state index in [1.54, 1.807) is 6.20 Å². The summed E-state index contributed by atoms with van der Waals surface area (Å²) in [6, 6.07) is -0.568. The topological polar surface area (TPSA) is 114 Å². The van der Waals surface area contributed by atoms with Crippen LogP contribution in [0.1, 0.15) is 37.8 Å². The third-order valence-electron chi connectivity index (χ3n) is 4.20. The average molecular weight is 292 g/mol. The summed E-state index contributed by atoms with van der Waals surface area (Å²) in [4.78, 5) is 21.3. The maximum absolute atomic E-state index is 11.7. The van der Waals surface area contributed by atoms with Gasteiger partial charge >= 0.3 is 0 Å². The van der Waals surface area contributed by atoms with Gasteiger partial charge in [-0.15, -0.1) is 0 Å². The predicted molar refractivity (Wildman–Crippen MR) is 77.9 cm³/mol. The molecule has 5 N–H and O–H groups in total. The van der Waals surface area contributed by atoms with E-state index in [9.17, 15) is 15.0 Å². The Kier molecular flexibility index (Phi) is 3.79. The van der Waals surface area contributed by atoms with Crippen LogP contribution in [-0.4, -0.2) is 43.4 Å². The van der Waals surface area contributed by atoms with Gasteiger partial charge in [-0.25, -0.2) is 4.98 Å². The molecule has 0 saturated carbocycles. The first kappa shape index (κ1) is 14.2. The molecule has 1 aliphatic rings. The highest BCUT2D eigenvalue weighted by Crippen LogP contribution is 2.32. The van der Waals surface area contributed by atoms with E-state index in [1.165, 1.54) is 6.33 Å². The van der Waals surface area contributed by atoms with Crippen molar-refractivity contribution in [2.75, 3.05) is 0 Å². The van der Waals surface area contributed by atoms with Crippen LogP contribution in [0.15, 0.2) is 17.3 Å². The van der Waals surface area contributed by atoms with Gasteiger partial charge in [0.2, 0.25) is 0 Å². The number of hydrogen-bond donors (Lipinski definition) is 5. The van der Waals surface area contributed by atoms with Crippen LogP contribution in [0.4, 0.5) is 0 Å². The molecule has 0 amide bonds. The molecule has 2 aromatic heterocycles. The number of H-pyrrole nitrogens is 2. The number of hydrogen-bond acceptors (Lipinski definition) is 5. The molecule has 2 aromatic rings. The minimum Gasteiger partial charge on any atom is -0.389 e. The zero-order valence-corrected chi connectivity index (χ0v) is 11.8. The van der Waals surface area contributed by atoms with Gasteiger partial charge in [0.05, 0.1) is 18.5 Å². The third-order valence-corrected chi connectivity index (χ3v) is 4.20. The Morgan fingerprint density at radius 3 is 2.86 bits per heavy atom. The van der Waals surface area contributed by atoms with E-state index in [-0.39, 0.29) is 11.6 Å². The van der Waals surface area contributed by atoms with E-state index in [2.05, 4.69) is 27.2 Å². The van der Waals surface area contributed by atoms with Gasteiger partial charge in [-0.1, -0.05) is 19.8 Å². The van der Waals surface area contributed by atoms with Crippen LogP contribution in [0, 0.1) is 0 Å². The summed E-state index contributed by atoms with van der Waals surface area (Å²) in [6.45, 7) is 2.09. The molecule has 0 spiro atoms. The van der Waals surface area contributed by atoms with Crippen molar-refractivity contribution in [2.45, 2.75) is 50.5 Å². The minimum absolute atomic E-state index is 0.142. The van der Waals surface area contributed by atoms with E-state index >= 15 is 0 Å². The zero-order chi connectivity index (χ0) is 15.0. The van der Waals surface area contributed by atoms with E-state index in [1.807, 2.05) is 0 Å². The first-order valence-corrected chi connectivity index (χ1v) is 7.30. The van der Waals surface area contributed by atoms with Gasteiger partial charge in [0.25, 0.3) is 5.56 Å². The lowest BCUT2D eigenvalue weighted by molar-refractivity contribution is 0.0267. The number of fused-ring (bicyclic) bond motifs is 1. The molecule has 0 aliphatic carbocycles. The van der Waals surface area contributed by atoms with Gasteiger partial charge in [0.1, 0.15) is 17.1 Å². The monoisotopic (exact) mass is 292 g/mol. The summed E-state index contributed by atoms with van der Waals surface area (Å²) in [5.74, 6) is 0. The molecular weight excluding hydrogens is 272 g/mol. The highest BCUT2D eigenvalue weighted by Gasteiger charge is 2.42. The molecule has 114 valence electrons. The molecular formula is C14H20N4O3. The van der Waals surface area contributed by atoms with Crippen LogP contribution in [0.25, 0.3) is 11.0 Å². The molecule has 0 unspecified atom stereocenters. The number of unbranched alkanes of at least 4 members (excludes halogenated alkanes) is 1. The molecule has 0 aromatic carbocycles. The lowest BCUT2D eigenvalue weighted by atomic mass is 10.0. The largest absolute Gasteiger partial charge is 0.389 e.